The van der Waals surface area contributed by atoms with E-state index in [0.717, 1.165) is 44.9 Å². The Bertz CT molecular complexity index is 1380. The lowest BCUT2D eigenvalue weighted by atomic mass is 9.92. The summed E-state index contributed by atoms with van der Waals surface area (Å²) in [5, 5.41) is 21.5. The maximum Gasteiger partial charge on any atom is 0.312 e. The number of unbranched alkanes of at least 4 members (excludes halogenated alkanes) is 12. The van der Waals surface area contributed by atoms with Gasteiger partial charge in [-0.05, 0) is 25.0 Å². The zero-order valence-corrected chi connectivity index (χ0v) is 29.3. The van der Waals surface area contributed by atoms with Gasteiger partial charge in [-0.3, -0.25) is 14.9 Å². The van der Waals surface area contributed by atoms with Crippen molar-refractivity contribution in [2.45, 2.75) is 136 Å². The van der Waals surface area contributed by atoms with Gasteiger partial charge in [0.25, 0.3) is 0 Å². The fourth-order valence-corrected chi connectivity index (χ4v) is 5.94. The SMILES string of the molecule is CCCCCCCCCCCCOC(=O)C(CCCCCC)COc1ccc(-c2nn3nc(C(C)(C)C)c(Cl)c3[nH]2)cc1[N+](=O)[O-]. The zero-order valence-electron chi connectivity index (χ0n) is 28.5. The van der Waals surface area contributed by atoms with Crippen LogP contribution in [0.5, 0.6) is 5.75 Å². The highest BCUT2D eigenvalue weighted by Gasteiger charge is 2.27. The predicted molar refractivity (Wildman–Crippen MR) is 184 cm³/mol. The maximum atomic E-state index is 13.1. The minimum absolute atomic E-state index is 0.0168. The van der Waals surface area contributed by atoms with E-state index in [0.29, 0.717) is 40.8 Å². The standard InChI is InChI=1S/C35H54ClN5O5/c1-6-8-10-12-13-14-15-16-17-19-23-45-34(42)27(20-18-11-9-7-2)25-46-29-22-21-26(24-28(29)41(43)44)32-37-33-30(36)31(35(3,4)5)38-40(33)39-32/h21-22,24,27H,6-20,23,25H2,1-5H3,(H,37,39). The lowest BCUT2D eigenvalue weighted by molar-refractivity contribution is -0.385. The molecule has 11 heteroatoms. The molecule has 0 aliphatic heterocycles. The van der Waals surface area contributed by atoms with Gasteiger partial charge in [-0.15, -0.1) is 9.73 Å². The number of ether oxygens (including phenoxy) is 2. The van der Waals surface area contributed by atoms with Gasteiger partial charge in [0.15, 0.2) is 17.2 Å². The molecule has 1 atom stereocenters. The molecule has 0 amide bonds. The van der Waals surface area contributed by atoms with E-state index in [-0.39, 0.29) is 29.4 Å². The van der Waals surface area contributed by atoms with Crippen molar-refractivity contribution >= 4 is 28.9 Å². The average Bonchev–Trinajstić information content (AvgIpc) is 3.58. The van der Waals surface area contributed by atoms with Gasteiger partial charge < -0.3 is 14.5 Å². The van der Waals surface area contributed by atoms with Crippen LogP contribution in [0.1, 0.15) is 137 Å². The van der Waals surface area contributed by atoms with Crippen molar-refractivity contribution < 1.29 is 19.2 Å². The van der Waals surface area contributed by atoms with Gasteiger partial charge >= 0.3 is 11.7 Å². The van der Waals surface area contributed by atoms with Gasteiger partial charge in [0, 0.05) is 17.0 Å². The molecule has 256 valence electrons. The number of hydrogen-bond acceptors (Lipinski definition) is 7. The monoisotopic (exact) mass is 659 g/mol. The summed E-state index contributed by atoms with van der Waals surface area (Å²) >= 11 is 6.56. The van der Waals surface area contributed by atoms with E-state index >= 15 is 0 Å². The van der Waals surface area contributed by atoms with E-state index in [1.807, 2.05) is 20.8 Å². The number of benzene rings is 1. The number of fused-ring (bicyclic) bond motifs is 1. The van der Waals surface area contributed by atoms with E-state index < -0.39 is 10.8 Å². The van der Waals surface area contributed by atoms with Gasteiger partial charge in [-0.1, -0.05) is 130 Å². The van der Waals surface area contributed by atoms with Crippen molar-refractivity contribution in [2.75, 3.05) is 13.2 Å². The molecular formula is C35H54ClN5O5. The lowest BCUT2D eigenvalue weighted by Gasteiger charge is -2.17. The van der Waals surface area contributed by atoms with Gasteiger partial charge in [-0.2, -0.15) is 5.10 Å². The number of esters is 1. The second-order valence-electron chi connectivity index (χ2n) is 13.4. The van der Waals surface area contributed by atoms with Crippen molar-refractivity contribution in [3.8, 4) is 17.1 Å². The molecule has 1 aromatic carbocycles. The minimum Gasteiger partial charge on any atom is -0.486 e. The number of nitrogens with one attached hydrogen (secondary N) is 1. The average molecular weight is 660 g/mol. The first-order valence-electron chi connectivity index (χ1n) is 17.3. The third kappa shape index (κ3) is 11.3. The number of halogens is 1. The van der Waals surface area contributed by atoms with Gasteiger partial charge in [0.1, 0.15) is 11.6 Å². The molecule has 0 spiro atoms. The molecule has 0 radical (unpaired) electrons. The summed E-state index contributed by atoms with van der Waals surface area (Å²) in [6.07, 6.45) is 16.8. The van der Waals surface area contributed by atoms with Crippen LogP contribution < -0.4 is 4.74 Å². The van der Waals surface area contributed by atoms with Crippen LogP contribution in [0.3, 0.4) is 0 Å². The van der Waals surface area contributed by atoms with E-state index in [9.17, 15) is 14.9 Å². The molecule has 3 rings (SSSR count). The van der Waals surface area contributed by atoms with Crippen molar-refractivity contribution in [3.05, 3.63) is 39.0 Å². The molecular weight excluding hydrogens is 606 g/mol. The number of rotatable bonds is 22. The predicted octanol–water partition coefficient (Wildman–Crippen LogP) is 10.0. The maximum absolute atomic E-state index is 13.1. The van der Waals surface area contributed by atoms with Gasteiger partial charge in [-0.25, -0.2) is 0 Å². The first-order chi connectivity index (χ1) is 22.1. The largest absolute Gasteiger partial charge is 0.486 e. The Morgan fingerprint density at radius 3 is 2.15 bits per heavy atom. The Morgan fingerprint density at radius 1 is 0.957 bits per heavy atom. The number of nitrogens with zero attached hydrogens (tertiary/aromatic N) is 4. The highest BCUT2D eigenvalue weighted by molar-refractivity contribution is 6.34. The highest BCUT2D eigenvalue weighted by Crippen LogP contribution is 2.35. The molecule has 0 fully saturated rings. The number of carbonyl (C=O) groups is 1. The topological polar surface area (TPSA) is 125 Å². The second-order valence-corrected chi connectivity index (χ2v) is 13.7. The molecule has 0 aliphatic carbocycles. The Morgan fingerprint density at radius 2 is 1.57 bits per heavy atom. The molecule has 46 heavy (non-hydrogen) atoms. The summed E-state index contributed by atoms with van der Waals surface area (Å²) in [5.41, 5.74) is 1.24. The van der Waals surface area contributed by atoms with Gasteiger partial charge in [0.2, 0.25) is 0 Å². The smallest absolute Gasteiger partial charge is 0.312 e. The number of hydrogen-bond donors (Lipinski definition) is 1. The molecule has 1 N–H and O–H groups in total. The first-order valence-corrected chi connectivity index (χ1v) is 17.7. The van der Waals surface area contributed by atoms with E-state index in [1.54, 1.807) is 12.1 Å². The summed E-state index contributed by atoms with van der Waals surface area (Å²) in [6, 6.07) is 4.65. The number of nitro groups is 1. The Kier molecular flexibility index (Phi) is 15.3. The van der Waals surface area contributed by atoms with Crippen molar-refractivity contribution in [1.82, 2.24) is 19.8 Å². The molecule has 0 saturated carbocycles. The zero-order chi connectivity index (χ0) is 33.5. The summed E-state index contributed by atoms with van der Waals surface area (Å²) < 4.78 is 13.0. The Balaban J connectivity index is 1.59. The molecule has 2 aromatic heterocycles. The molecule has 0 bridgehead atoms. The molecule has 3 aromatic rings. The van der Waals surface area contributed by atoms with Crippen LogP contribution in [0.2, 0.25) is 5.02 Å². The number of nitro benzene ring substituents is 1. The molecule has 1 unspecified atom stereocenters. The van der Waals surface area contributed by atoms with E-state index in [4.69, 9.17) is 21.1 Å². The summed E-state index contributed by atoms with van der Waals surface area (Å²) in [7, 11) is 0. The van der Waals surface area contributed by atoms with Crippen LogP contribution in [0.25, 0.3) is 17.0 Å². The Labute approximate surface area is 279 Å². The lowest BCUT2D eigenvalue weighted by Crippen LogP contribution is -2.25. The van der Waals surface area contributed by atoms with Gasteiger partial charge in [0.05, 0.1) is 23.1 Å². The molecule has 0 saturated heterocycles. The van der Waals surface area contributed by atoms with Crippen molar-refractivity contribution in [3.63, 3.8) is 0 Å². The quantitative estimate of drug-likeness (QED) is 0.0492. The second kappa shape index (κ2) is 18.9. The van der Waals surface area contributed by atoms with Crippen LogP contribution in [0, 0.1) is 16.0 Å². The van der Waals surface area contributed by atoms with Crippen molar-refractivity contribution in [2.24, 2.45) is 5.92 Å². The van der Waals surface area contributed by atoms with E-state index in [2.05, 4.69) is 29.0 Å². The number of aromatic amines is 1. The Hall–Kier alpha value is -3.14. The van der Waals surface area contributed by atoms with Crippen LogP contribution in [-0.4, -0.2) is 43.9 Å². The van der Waals surface area contributed by atoms with Crippen LogP contribution >= 0.6 is 11.6 Å². The fraction of sp³-hybridized carbons (Fsp3) is 0.686. The van der Waals surface area contributed by atoms with Crippen LogP contribution in [-0.2, 0) is 14.9 Å². The van der Waals surface area contributed by atoms with Crippen LogP contribution in [0.4, 0.5) is 5.69 Å². The number of H-pyrrole nitrogens is 1. The van der Waals surface area contributed by atoms with Crippen LogP contribution in [0.15, 0.2) is 18.2 Å². The third-order valence-electron chi connectivity index (χ3n) is 8.30. The minimum atomic E-state index is -0.490. The van der Waals surface area contributed by atoms with Crippen molar-refractivity contribution in [1.29, 1.82) is 0 Å². The molecule has 10 nitrogen and oxygen atoms in total. The van der Waals surface area contributed by atoms with E-state index in [1.165, 1.54) is 55.6 Å². The summed E-state index contributed by atoms with van der Waals surface area (Å²) in [4.78, 5) is 27.8. The summed E-state index contributed by atoms with van der Waals surface area (Å²) in [5.74, 6) is -0.295. The number of carbonyl (C=O) groups excluding carboxylic acids is 1. The normalized spacial score (nSPS) is 12.5. The molecule has 2 heterocycles. The fourth-order valence-electron chi connectivity index (χ4n) is 5.49. The molecule has 0 aliphatic rings. The number of aromatic nitrogens is 4. The highest BCUT2D eigenvalue weighted by atomic mass is 35.5. The first kappa shape index (κ1) is 37.3. The summed E-state index contributed by atoms with van der Waals surface area (Å²) in [6.45, 7) is 10.8. The third-order valence-corrected chi connectivity index (χ3v) is 8.66.